The van der Waals surface area contributed by atoms with Gasteiger partial charge in [0.2, 0.25) is 0 Å². The molecule has 0 bridgehead atoms. The molecule has 0 fully saturated rings. The molecule has 0 aliphatic rings. The van der Waals surface area contributed by atoms with E-state index in [2.05, 4.69) is 48.5 Å². The van der Waals surface area contributed by atoms with Gasteiger partial charge in [-0.25, -0.2) is 0 Å². The maximum absolute atomic E-state index is 10.1. The predicted octanol–water partition coefficient (Wildman–Crippen LogP) is 13.6. The summed E-state index contributed by atoms with van der Waals surface area (Å²) in [6.45, 7) is 15.8. The fourth-order valence-corrected chi connectivity index (χ4v) is 9.44. The molecule has 0 rings (SSSR count). The van der Waals surface area contributed by atoms with Crippen LogP contribution in [-0.4, -0.2) is 63.0 Å². The maximum atomic E-state index is 10.1. The Labute approximate surface area is 403 Å². The van der Waals surface area contributed by atoms with E-state index in [0.717, 1.165) is 50.4 Å². The molecule has 0 heterocycles. The van der Waals surface area contributed by atoms with Crippen LogP contribution in [0.15, 0.2) is 0 Å². The van der Waals surface area contributed by atoms with Gasteiger partial charge >= 0.3 is 145 Å². The van der Waals surface area contributed by atoms with Gasteiger partial charge in [0.25, 0.3) is 0 Å². The fraction of sp³-hybridized carbons (Fsp3) is 0.942. The molecule has 2 unspecified atom stereocenters. The van der Waals surface area contributed by atoms with E-state index in [-0.39, 0.29) is 19.3 Å². The average molecular weight is 1060 g/mol. The van der Waals surface area contributed by atoms with E-state index in [4.69, 9.17) is 0 Å². The molecule has 8 heteroatoms. The Morgan fingerprint density at radius 2 is 0.500 bits per heavy atom. The average Bonchev–Trinajstić information content (AvgIpc) is 3.23. The summed E-state index contributed by atoms with van der Waals surface area (Å²) < 4.78 is 2.92. The number of aliphatic carboxylic acids is 3. The van der Waals surface area contributed by atoms with Crippen LogP contribution in [0.25, 0.3) is 0 Å². The van der Waals surface area contributed by atoms with Gasteiger partial charge in [0, 0.05) is 17.9 Å². The molecule has 0 aromatic heterocycles. The zero-order valence-corrected chi connectivity index (χ0v) is 47.1. The quantitative estimate of drug-likeness (QED) is 0.0445. The van der Waals surface area contributed by atoms with E-state index in [1.54, 1.807) is 45.0 Å². The predicted molar refractivity (Wildman–Crippen MR) is 258 cm³/mol. The van der Waals surface area contributed by atoms with Gasteiger partial charge in [0.1, 0.15) is 0 Å². The van der Waals surface area contributed by atoms with Crippen LogP contribution in [0.2, 0.25) is 8.87 Å². The number of carbonyl (C=O) groups excluding carboxylic acids is 3. The van der Waals surface area contributed by atoms with Crippen molar-refractivity contribution in [1.82, 2.24) is 0 Å². The molecule has 352 valence electrons. The summed E-state index contributed by atoms with van der Waals surface area (Å²) >= 11 is 3.43. The van der Waals surface area contributed by atoms with Gasteiger partial charge in [-0.15, -0.1) is 0 Å². The van der Waals surface area contributed by atoms with Gasteiger partial charge < -0.3 is 29.7 Å². The smallest absolute Gasteiger partial charge is 0.0414 e. The van der Waals surface area contributed by atoms with Crippen LogP contribution < -0.4 is 15.3 Å². The number of carboxylic acids is 3. The molecule has 0 aliphatic heterocycles. The van der Waals surface area contributed by atoms with Crippen molar-refractivity contribution in [3.63, 3.8) is 0 Å². The summed E-state index contributed by atoms with van der Waals surface area (Å²) in [5.41, 5.74) is 0. The van der Waals surface area contributed by atoms with Crippen molar-refractivity contribution in [2.24, 2.45) is 11.8 Å². The van der Waals surface area contributed by atoms with Gasteiger partial charge in [-0.05, 0) is 38.5 Å². The fourth-order valence-electron chi connectivity index (χ4n) is 6.63. The molecule has 0 saturated heterocycles. The summed E-state index contributed by atoms with van der Waals surface area (Å²) in [5.74, 6) is -0.639. The molecule has 0 N–H and O–H groups in total. The van der Waals surface area contributed by atoms with E-state index < -0.39 is 17.9 Å². The summed E-state index contributed by atoms with van der Waals surface area (Å²) in [4.78, 5) is 30.3. The van der Waals surface area contributed by atoms with E-state index in [0.29, 0.717) is 0 Å². The Bertz CT molecular complexity index is 696. The Balaban J connectivity index is -0.000000213. The largest absolute Gasteiger partial charge is 0.550 e. The van der Waals surface area contributed by atoms with Crippen molar-refractivity contribution in [2.45, 2.75) is 301 Å². The second kappa shape index (κ2) is 65.6. The Hall–Kier alpha value is 0.00740. The summed E-state index contributed by atoms with van der Waals surface area (Å²) in [6.07, 6.45) is 44.8. The van der Waals surface area contributed by atoms with E-state index >= 15 is 0 Å². The SMILES string of the molecule is CCCCC(CC)[CH2][Sn+3].CCCCC(CC)[CH2][Sn+3].CCCCCCCCCCCC(=O)[O-].CCCCCCCCCCCC(=O)[O-].CCCCCCCCCCCC(=O)[O-]. The molecule has 2 atom stereocenters. The third-order valence-electron chi connectivity index (χ3n) is 11.1. The van der Waals surface area contributed by atoms with Crippen LogP contribution >= 0.6 is 0 Å². The summed E-state index contributed by atoms with van der Waals surface area (Å²) in [6, 6.07) is 0. The van der Waals surface area contributed by atoms with Crippen molar-refractivity contribution >= 4 is 63.0 Å². The van der Waals surface area contributed by atoms with Crippen LogP contribution in [0, 0.1) is 11.8 Å². The number of hydrogen-bond donors (Lipinski definition) is 0. The summed E-state index contributed by atoms with van der Waals surface area (Å²) in [5, 5.41) is 30.3. The zero-order valence-electron chi connectivity index (χ0n) is 41.4. The van der Waals surface area contributed by atoms with E-state index in [1.165, 1.54) is 195 Å². The molecule has 0 aliphatic carbocycles. The molecular formula is C52H103O6Sn2+3. The molecule has 0 saturated carbocycles. The number of rotatable bonds is 40. The van der Waals surface area contributed by atoms with Gasteiger partial charge in [-0.3, -0.25) is 0 Å². The first kappa shape index (κ1) is 69.1. The molecule has 60 heavy (non-hydrogen) atoms. The normalized spacial score (nSPS) is 11.4. The minimum Gasteiger partial charge on any atom is -0.550 e. The molecule has 0 aromatic carbocycles. The van der Waals surface area contributed by atoms with E-state index in [1.807, 2.05) is 0 Å². The van der Waals surface area contributed by atoms with Crippen LogP contribution in [0.3, 0.4) is 0 Å². The third kappa shape index (κ3) is 78.5. The van der Waals surface area contributed by atoms with Gasteiger partial charge in [-0.1, -0.05) is 175 Å². The maximum Gasteiger partial charge on any atom is 0.0414 e. The van der Waals surface area contributed by atoms with Gasteiger partial charge in [0.05, 0.1) is 0 Å². The van der Waals surface area contributed by atoms with E-state index in [9.17, 15) is 29.7 Å². The summed E-state index contributed by atoms with van der Waals surface area (Å²) in [7, 11) is 0. The molecular weight excluding hydrogens is 958 g/mol. The van der Waals surface area contributed by atoms with Crippen LogP contribution in [0.5, 0.6) is 0 Å². The van der Waals surface area contributed by atoms with Crippen molar-refractivity contribution in [1.29, 1.82) is 0 Å². The standard InChI is InChI=1S/3C12H24O2.2C8H17.2Sn/c3*1-2-3-4-5-6-7-8-9-10-11-12(13)14;2*1-4-6-7-8(3)5-2;;/h3*2-11H2,1H3,(H,13,14);2*8H,3-7H2,1-2H3;;/q;;;;;2*+3/p-3. The molecule has 0 aromatic rings. The molecule has 6 nitrogen and oxygen atoms in total. The Morgan fingerprint density at radius 3 is 0.650 bits per heavy atom. The van der Waals surface area contributed by atoms with Gasteiger partial charge in [-0.2, -0.15) is 0 Å². The monoisotopic (exact) mass is 1060 g/mol. The van der Waals surface area contributed by atoms with Crippen LogP contribution in [-0.2, 0) is 14.4 Å². The van der Waals surface area contributed by atoms with Crippen molar-refractivity contribution in [3.05, 3.63) is 0 Å². The third-order valence-corrected chi connectivity index (χ3v) is 14.4. The number of carbonyl (C=O) groups is 3. The first-order chi connectivity index (χ1) is 29.0. The zero-order chi connectivity index (χ0) is 46.2. The van der Waals surface area contributed by atoms with Crippen molar-refractivity contribution in [3.8, 4) is 0 Å². The first-order valence-corrected chi connectivity index (χ1v) is 29.9. The minimum absolute atomic E-state index is 0.232. The molecule has 0 amide bonds. The molecule has 0 spiro atoms. The van der Waals surface area contributed by atoms with Gasteiger partial charge in [0.15, 0.2) is 0 Å². The van der Waals surface area contributed by atoms with Crippen LogP contribution in [0.4, 0.5) is 0 Å². The Morgan fingerprint density at radius 1 is 0.317 bits per heavy atom. The topological polar surface area (TPSA) is 120 Å². The van der Waals surface area contributed by atoms with Crippen LogP contribution in [0.1, 0.15) is 292 Å². The number of unbranched alkanes of at least 4 members (excludes halogenated alkanes) is 26. The molecule has 0 radical (unpaired) electrons. The minimum atomic E-state index is -0.909. The first-order valence-electron chi connectivity index (χ1n) is 25.9. The number of hydrogen-bond acceptors (Lipinski definition) is 6. The second-order valence-electron chi connectivity index (χ2n) is 17.1. The van der Waals surface area contributed by atoms with Crippen molar-refractivity contribution < 1.29 is 29.7 Å². The second-order valence-corrected chi connectivity index (χ2v) is 19.4. The number of carboxylic acid groups (broad SMARTS) is 3. The van der Waals surface area contributed by atoms with Crippen molar-refractivity contribution in [2.75, 3.05) is 0 Å². The Kier molecular flexibility index (Phi) is 75.5.